The molecule has 0 heterocycles. The highest BCUT2D eigenvalue weighted by Gasteiger charge is 2.31. The van der Waals surface area contributed by atoms with Gasteiger partial charge in [0.25, 0.3) is 0 Å². The van der Waals surface area contributed by atoms with Crippen LogP contribution in [0.2, 0.25) is 0 Å². The molecule has 22 heavy (non-hydrogen) atoms. The van der Waals surface area contributed by atoms with Gasteiger partial charge in [0.15, 0.2) is 0 Å². The molecule has 3 heteroatoms. The summed E-state index contributed by atoms with van der Waals surface area (Å²) in [7, 11) is -2.22. The molecular weight excluding hydrogens is 287 g/mol. The minimum atomic E-state index is -2.22. The monoisotopic (exact) mass is 303 g/mol. The molecule has 106 valence electrons. The van der Waals surface area contributed by atoms with E-state index in [1.807, 2.05) is 54.6 Å². The zero-order valence-corrected chi connectivity index (χ0v) is 13.0. The highest BCUT2D eigenvalue weighted by Crippen LogP contribution is 2.46. The lowest BCUT2D eigenvalue weighted by atomic mass is 10.4. The van der Waals surface area contributed by atoms with Crippen LogP contribution in [0, 0.1) is 6.57 Å². The van der Waals surface area contributed by atoms with Crippen molar-refractivity contribution in [3.63, 3.8) is 0 Å². The quantitative estimate of drug-likeness (QED) is 0.513. The van der Waals surface area contributed by atoms with Crippen LogP contribution in [0.1, 0.15) is 0 Å². The molecule has 0 N–H and O–H groups in total. The van der Waals surface area contributed by atoms with Crippen LogP contribution < -0.4 is 15.9 Å². The topological polar surface area (TPSA) is 16.7 Å². The maximum Gasteiger partial charge on any atom is 0.307 e. The molecule has 0 bridgehead atoms. The Morgan fingerprint density at radius 3 is 1.18 bits per heavy atom. The van der Waals surface area contributed by atoms with E-state index in [2.05, 4.69) is 46.2 Å². The molecule has 0 saturated heterocycles. The van der Waals surface area contributed by atoms with Gasteiger partial charge in [0.05, 0.1) is 0 Å². The summed E-state index contributed by atoms with van der Waals surface area (Å²) in [6.45, 7) is 5.51. The molecule has 0 aliphatic carbocycles. The van der Waals surface area contributed by atoms with Crippen molar-refractivity contribution in [1.82, 2.24) is 0 Å². The van der Waals surface area contributed by atoms with Crippen LogP contribution in [0.5, 0.6) is 0 Å². The number of hydrogen-bond donors (Lipinski definition) is 0. The van der Waals surface area contributed by atoms with Crippen molar-refractivity contribution in [3.8, 4) is 6.57 Å². The summed E-state index contributed by atoms with van der Waals surface area (Å²) in [5.74, 6) is 0. The van der Waals surface area contributed by atoms with Crippen LogP contribution in [0.25, 0.3) is 4.95 Å². The molecule has 0 fully saturated rings. The predicted octanol–water partition coefficient (Wildman–Crippen LogP) is 4.04. The van der Waals surface area contributed by atoms with E-state index in [1.54, 1.807) is 0 Å². The molecule has 0 spiro atoms. The summed E-state index contributed by atoms with van der Waals surface area (Å²) in [5, 5.41) is 3.42. The molecule has 0 saturated carbocycles. The molecule has 2 nitrogen and oxygen atoms in total. The van der Waals surface area contributed by atoms with Gasteiger partial charge in [-0.25, -0.2) is 0 Å². The summed E-state index contributed by atoms with van der Waals surface area (Å²) in [6, 6.07) is 30.8. The third-order valence-corrected chi connectivity index (χ3v) is 7.08. The molecule has 0 aliphatic rings. The van der Waals surface area contributed by atoms with E-state index in [0.717, 1.165) is 15.9 Å². The maximum absolute atomic E-state index is 5.51. The second kappa shape index (κ2) is 6.43. The summed E-state index contributed by atoms with van der Waals surface area (Å²) in [6.07, 6.45) is 0. The van der Waals surface area contributed by atoms with Crippen molar-refractivity contribution >= 4 is 23.0 Å². The van der Waals surface area contributed by atoms with Crippen LogP contribution in [-0.4, -0.2) is 0 Å². The van der Waals surface area contributed by atoms with E-state index in [-0.39, 0.29) is 0 Å². The molecule has 0 amide bonds. The average molecular weight is 303 g/mol. The Labute approximate surface area is 130 Å². The maximum atomic E-state index is 5.51. The van der Waals surface area contributed by atoms with E-state index in [4.69, 9.17) is 6.57 Å². The highest BCUT2D eigenvalue weighted by molar-refractivity contribution is 7.87. The largest absolute Gasteiger partial charge is 0.307 e. The first-order valence-corrected chi connectivity index (χ1v) is 8.80. The molecule has 3 aromatic carbocycles. The third kappa shape index (κ3) is 2.48. The van der Waals surface area contributed by atoms with Gasteiger partial charge in [-0.2, -0.15) is 0 Å². The lowest BCUT2D eigenvalue weighted by molar-refractivity contribution is 1.62. The van der Waals surface area contributed by atoms with Crippen LogP contribution in [0.3, 0.4) is 0 Å². The standard InChI is InChI=1S/C19H16N2P/c1-20-21-22(17-11-5-2-6-12-17,18-13-7-3-8-14-18)19-15-9-4-10-16-19/h1-16H/q+1. The van der Waals surface area contributed by atoms with E-state index >= 15 is 0 Å². The van der Waals surface area contributed by atoms with Crippen molar-refractivity contribution in [2.45, 2.75) is 0 Å². The second-order valence-electron chi connectivity index (χ2n) is 4.85. The van der Waals surface area contributed by atoms with Crippen molar-refractivity contribution < 1.29 is 0 Å². The van der Waals surface area contributed by atoms with Crippen LogP contribution >= 0.6 is 7.05 Å². The van der Waals surface area contributed by atoms with Crippen LogP contribution in [0.4, 0.5) is 0 Å². The van der Waals surface area contributed by atoms with Gasteiger partial charge in [0.1, 0.15) is 16.9 Å². The fraction of sp³-hybridized carbons (Fsp3) is 0. The second-order valence-corrected chi connectivity index (χ2v) is 7.85. The Hall–Kier alpha value is -2.62. The first kappa shape index (κ1) is 14.3. The van der Waals surface area contributed by atoms with Gasteiger partial charge in [-0.3, -0.25) is 0 Å². The number of rotatable bonds is 3. The van der Waals surface area contributed by atoms with Gasteiger partial charge >= 0.3 is 6.57 Å². The zero-order chi connectivity index (χ0) is 15.3. The lowest BCUT2D eigenvalue weighted by Crippen LogP contribution is -2.24. The Kier molecular flexibility index (Phi) is 4.19. The van der Waals surface area contributed by atoms with Crippen LogP contribution in [-0.2, 0) is 0 Å². The summed E-state index contributed by atoms with van der Waals surface area (Å²) < 4.78 is 0. The minimum Gasteiger partial charge on any atom is -0.0622 e. The Morgan fingerprint density at radius 2 is 0.909 bits per heavy atom. The van der Waals surface area contributed by atoms with E-state index in [0.29, 0.717) is 0 Å². The molecular formula is C19H16N2P+. The van der Waals surface area contributed by atoms with Crippen molar-refractivity contribution in [3.05, 3.63) is 95.9 Å². The summed E-state index contributed by atoms with van der Waals surface area (Å²) in [5.41, 5.74) is 0. The van der Waals surface area contributed by atoms with E-state index in [1.165, 1.54) is 0 Å². The molecule has 3 rings (SSSR count). The average Bonchev–Trinajstić information content (AvgIpc) is 2.62. The predicted molar refractivity (Wildman–Crippen MR) is 95.9 cm³/mol. The zero-order valence-electron chi connectivity index (χ0n) is 12.1. The van der Waals surface area contributed by atoms with Gasteiger partial charge in [-0.05, 0) is 0 Å². The van der Waals surface area contributed by atoms with Crippen molar-refractivity contribution in [2.75, 3.05) is 0 Å². The van der Waals surface area contributed by atoms with Gasteiger partial charge in [-0.1, -0.05) is 91.0 Å². The Balaban J connectivity index is 2.41. The first-order chi connectivity index (χ1) is 10.9. The van der Waals surface area contributed by atoms with Crippen molar-refractivity contribution in [1.29, 1.82) is 0 Å². The van der Waals surface area contributed by atoms with E-state index in [9.17, 15) is 0 Å². The molecule has 0 aliphatic heterocycles. The smallest absolute Gasteiger partial charge is 0.0622 e. The molecule has 3 aromatic rings. The lowest BCUT2D eigenvalue weighted by Gasteiger charge is -2.20. The van der Waals surface area contributed by atoms with Crippen molar-refractivity contribution in [2.24, 2.45) is 4.85 Å². The van der Waals surface area contributed by atoms with Gasteiger partial charge in [0.2, 0.25) is 0 Å². The fourth-order valence-electron chi connectivity index (χ4n) is 2.61. The van der Waals surface area contributed by atoms with E-state index < -0.39 is 7.05 Å². The van der Waals surface area contributed by atoms with Gasteiger partial charge < -0.3 is 0 Å². The molecule has 0 aromatic heterocycles. The Bertz CT molecular complexity index is 731. The first-order valence-electron chi connectivity index (χ1n) is 7.06. The highest BCUT2D eigenvalue weighted by atomic mass is 31.2. The van der Waals surface area contributed by atoms with Crippen LogP contribution in [0.15, 0.2) is 95.8 Å². The fourth-order valence-corrected chi connectivity index (χ4v) is 5.78. The number of nitrogens with zero attached hydrogens (tertiary/aromatic N) is 2. The number of benzene rings is 3. The minimum absolute atomic E-state index is 1.14. The number of hydrogen-bond acceptors (Lipinski definition) is 1. The van der Waals surface area contributed by atoms with Gasteiger partial charge in [-0.15, -0.1) is 0 Å². The normalized spacial score (nSPS) is 10.7. The summed E-state index contributed by atoms with van der Waals surface area (Å²) >= 11 is 0. The molecule has 0 unspecified atom stereocenters. The summed E-state index contributed by atoms with van der Waals surface area (Å²) in [4.78, 5) is 8.29. The van der Waals surface area contributed by atoms with Gasteiger partial charge in [0, 0.05) is 15.9 Å². The molecule has 0 atom stereocenters. The third-order valence-electron chi connectivity index (χ3n) is 3.58. The Morgan fingerprint density at radius 1 is 0.591 bits per heavy atom. The SMILES string of the molecule is C#[N+]N=P(c1ccccc1)(c1ccccc1)c1ccccc1. The molecule has 0 radical (unpaired) electrons.